The predicted molar refractivity (Wildman–Crippen MR) is 59.7 cm³/mol. The average Bonchev–Trinajstić information content (AvgIpc) is 2.68. The molecule has 5 nitrogen and oxygen atoms in total. The normalized spacial score (nSPS) is 10.6. The summed E-state index contributed by atoms with van der Waals surface area (Å²) < 4.78 is 1.74. The molecule has 0 fully saturated rings. The highest BCUT2D eigenvalue weighted by molar-refractivity contribution is 5.83. The van der Waals surface area contributed by atoms with Crippen LogP contribution in [0.2, 0.25) is 0 Å². The summed E-state index contributed by atoms with van der Waals surface area (Å²) in [5, 5.41) is 12.6. The first kappa shape index (κ1) is 10.6. The maximum atomic E-state index is 11.3. The largest absolute Gasteiger partial charge is 0.392 e. The molecule has 2 rings (SSSR count). The van der Waals surface area contributed by atoms with Crippen LogP contribution in [0.1, 0.15) is 5.56 Å². The molecule has 0 radical (unpaired) electrons. The number of aromatic nitrogens is 2. The summed E-state index contributed by atoms with van der Waals surface area (Å²) in [4.78, 5) is 15.5. The molecule has 1 amide bonds. The third-order valence-corrected chi connectivity index (χ3v) is 2.48. The van der Waals surface area contributed by atoms with Gasteiger partial charge in [-0.1, -0.05) is 0 Å². The van der Waals surface area contributed by atoms with Crippen molar-refractivity contribution in [3.8, 4) is 0 Å². The second kappa shape index (κ2) is 4.32. The summed E-state index contributed by atoms with van der Waals surface area (Å²) in [5.74, 6) is -0.0907. The summed E-state index contributed by atoms with van der Waals surface area (Å²) in [6.07, 6.45) is 3.43. The number of aliphatic hydroxyl groups is 1. The van der Waals surface area contributed by atoms with Gasteiger partial charge in [-0.25, -0.2) is 4.98 Å². The Hall–Kier alpha value is -1.88. The number of nitrogens with one attached hydrogen (secondary N) is 1. The standard InChI is InChI=1S/C11H13N3O2/c1-12-10(16)6-14-5-8(7-15)9-3-2-4-13-11(9)14/h2-5,15H,6-7H2,1H3,(H,12,16). The Labute approximate surface area is 92.7 Å². The maximum absolute atomic E-state index is 11.3. The second-order valence-corrected chi connectivity index (χ2v) is 3.49. The molecule has 0 aliphatic carbocycles. The van der Waals surface area contributed by atoms with Gasteiger partial charge in [0.15, 0.2) is 0 Å². The lowest BCUT2D eigenvalue weighted by atomic mass is 10.2. The first-order valence-electron chi connectivity index (χ1n) is 5.00. The van der Waals surface area contributed by atoms with E-state index in [-0.39, 0.29) is 19.1 Å². The van der Waals surface area contributed by atoms with Crippen LogP contribution < -0.4 is 5.32 Å². The molecular formula is C11H13N3O2. The van der Waals surface area contributed by atoms with Crippen LogP contribution in [-0.4, -0.2) is 27.6 Å². The van der Waals surface area contributed by atoms with Crippen molar-refractivity contribution < 1.29 is 9.90 Å². The van der Waals surface area contributed by atoms with E-state index in [0.29, 0.717) is 0 Å². The monoisotopic (exact) mass is 219 g/mol. The van der Waals surface area contributed by atoms with Crippen molar-refractivity contribution in [1.29, 1.82) is 0 Å². The van der Waals surface area contributed by atoms with Crippen molar-refractivity contribution in [1.82, 2.24) is 14.9 Å². The van der Waals surface area contributed by atoms with E-state index in [1.54, 1.807) is 24.0 Å². The molecule has 84 valence electrons. The highest BCUT2D eigenvalue weighted by Gasteiger charge is 2.10. The SMILES string of the molecule is CNC(=O)Cn1cc(CO)c2cccnc21. The zero-order chi connectivity index (χ0) is 11.5. The van der Waals surface area contributed by atoms with E-state index in [4.69, 9.17) is 0 Å². The minimum atomic E-state index is -0.0907. The molecule has 16 heavy (non-hydrogen) atoms. The van der Waals surface area contributed by atoms with E-state index in [1.165, 1.54) is 0 Å². The van der Waals surface area contributed by atoms with Gasteiger partial charge in [0, 0.05) is 30.4 Å². The fourth-order valence-corrected chi connectivity index (χ4v) is 1.68. The third-order valence-electron chi connectivity index (χ3n) is 2.48. The Morgan fingerprint density at radius 1 is 1.62 bits per heavy atom. The first-order chi connectivity index (χ1) is 7.76. The van der Waals surface area contributed by atoms with Crippen molar-refractivity contribution in [2.45, 2.75) is 13.2 Å². The Bertz CT molecular complexity index is 519. The fraction of sp³-hybridized carbons (Fsp3) is 0.273. The maximum Gasteiger partial charge on any atom is 0.239 e. The van der Waals surface area contributed by atoms with Crippen LogP contribution in [-0.2, 0) is 17.9 Å². The molecule has 0 aliphatic heterocycles. The molecule has 2 heterocycles. The number of hydrogen-bond acceptors (Lipinski definition) is 3. The van der Waals surface area contributed by atoms with Crippen LogP contribution in [0.15, 0.2) is 24.5 Å². The molecular weight excluding hydrogens is 206 g/mol. The van der Waals surface area contributed by atoms with Crippen LogP contribution >= 0.6 is 0 Å². The average molecular weight is 219 g/mol. The summed E-state index contributed by atoms with van der Waals surface area (Å²) in [7, 11) is 1.59. The van der Waals surface area contributed by atoms with Crippen molar-refractivity contribution in [3.63, 3.8) is 0 Å². The van der Waals surface area contributed by atoms with E-state index in [2.05, 4.69) is 10.3 Å². The van der Waals surface area contributed by atoms with Crippen molar-refractivity contribution >= 4 is 16.9 Å². The molecule has 0 saturated heterocycles. The quantitative estimate of drug-likeness (QED) is 0.779. The number of carbonyl (C=O) groups is 1. The zero-order valence-electron chi connectivity index (χ0n) is 8.97. The van der Waals surface area contributed by atoms with Gasteiger partial charge in [-0.2, -0.15) is 0 Å². The molecule has 0 unspecified atom stereocenters. The number of aliphatic hydroxyl groups excluding tert-OH is 1. The minimum absolute atomic E-state index is 0.0526. The van der Waals surface area contributed by atoms with Gasteiger partial charge in [0.25, 0.3) is 0 Å². The molecule has 0 aliphatic rings. The second-order valence-electron chi connectivity index (χ2n) is 3.49. The minimum Gasteiger partial charge on any atom is -0.392 e. The van der Waals surface area contributed by atoms with Crippen LogP contribution in [0.5, 0.6) is 0 Å². The van der Waals surface area contributed by atoms with Gasteiger partial charge in [0.2, 0.25) is 5.91 Å². The number of nitrogens with zero attached hydrogens (tertiary/aromatic N) is 2. The lowest BCUT2D eigenvalue weighted by Crippen LogP contribution is -2.23. The van der Waals surface area contributed by atoms with Gasteiger partial charge in [0.1, 0.15) is 12.2 Å². The Morgan fingerprint density at radius 2 is 2.44 bits per heavy atom. The summed E-state index contributed by atoms with van der Waals surface area (Å²) in [5.41, 5.74) is 1.50. The van der Waals surface area contributed by atoms with Crippen molar-refractivity contribution in [3.05, 3.63) is 30.1 Å². The lowest BCUT2D eigenvalue weighted by molar-refractivity contribution is -0.121. The smallest absolute Gasteiger partial charge is 0.239 e. The van der Waals surface area contributed by atoms with Gasteiger partial charge in [-0.05, 0) is 12.1 Å². The summed E-state index contributed by atoms with van der Waals surface area (Å²) in [6, 6.07) is 3.69. The number of pyridine rings is 1. The van der Waals surface area contributed by atoms with Crippen LogP contribution in [0.4, 0.5) is 0 Å². The van der Waals surface area contributed by atoms with Gasteiger partial charge in [-0.15, -0.1) is 0 Å². The highest BCUT2D eigenvalue weighted by Crippen LogP contribution is 2.18. The number of amides is 1. The predicted octanol–water partition coefficient (Wildman–Crippen LogP) is 0.275. The molecule has 0 spiro atoms. The molecule has 2 N–H and O–H groups in total. The van der Waals surface area contributed by atoms with Crippen LogP contribution in [0.3, 0.4) is 0 Å². The number of rotatable bonds is 3. The van der Waals surface area contributed by atoms with Gasteiger partial charge in [0.05, 0.1) is 6.61 Å². The zero-order valence-corrected chi connectivity index (χ0v) is 8.97. The number of likely N-dealkylation sites (N-methyl/N-ethyl adjacent to an activating group) is 1. The topological polar surface area (TPSA) is 67.2 Å². The number of hydrogen-bond donors (Lipinski definition) is 2. The summed E-state index contributed by atoms with van der Waals surface area (Å²) in [6.45, 7) is 0.160. The number of fused-ring (bicyclic) bond motifs is 1. The molecule has 5 heteroatoms. The van der Waals surface area contributed by atoms with E-state index in [9.17, 15) is 9.90 Å². The Morgan fingerprint density at radius 3 is 3.12 bits per heavy atom. The summed E-state index contributed by atoms with van der Waals surface area (Å²) >= 11 is 0. The van der Waals surface area contributed by atoms with E-state index < -0.39 is 0 Å². The molecule has 0 atom stereocenters. The lowest BCUT2D eigenvalue weighted by Gasteiger charge is -2.02. The third kappa shape index (κ3) is 1.77. The molecule has 0 bridgehead atoms. The van der Waals surface area contributed by atoms with Gasteiger partial charge >= 0.3 is 0 Å². The molecule has 0 aromatic carbocycles. The van der Waals surface area contributed by atoms with E-state index in [0.717, 1.165) is 16.6 Å². The highest BCUT2D eigenvalue weighted by atomic mass is 16.3. The Kier molecular flexibility index (Phi) is 2.87. The fourth-order valence-electron chi connectivity index (χ4n) is 1.68. The van der Waals surface area contributed by atoms with E-state index >= 15 is 0 Å². The number of carbonyl (C=O) groups excluding carboxylic acids is 1. The van der Waals surface area contributed by atoms with Crippen molar-refractivity contribution in [2.24, 2.45) is 0 Å². The van der Waals surface area contributed by atoms with Crippen LogP contribution in [0, 0.1) is 0 Å². The molecule has 2 aromatic heterocycles. The molecule has 0 saturated carbocycles. The van der Waals surface area contributed by atoms with Gasteiger partial charge < -0.3 is 15.0 Å². The van der Waals surface area contributed by atoms with Crippen molar-refractivity contribution in [2.75, 3.05) is 7.05 Å². The van der Waals surface area contributed by atoms with Gasteiger partial charge in [-0.3, -0.25) is 4.79 Å². The first-order valence-corrected chi connectivity index (χ1v) is 5.00. The Balaban J connectivity index is 2.49. The molecule has 2 aromatic rings. The van der Waals surface area contributed by atoms with Crippen LogP contribution in [0.25, 0.3) is 11.0 Å². The van der Waals surface area contributed by atoms with E-state index in [1.807, 2.05) is 12.1 Å².